The lowest BCUT2D eigenvalue weighted by Crippen LogP contribution is -2.20. The Hall–Kier alpha value is -5.13. The van der Waals surface area contributed by atoms with Crippen molar-refractivity contribution in [3.63, 3.8) is 0 Å². The molecule has 7 nitrogen and oxygen atoms in total. The summed E-state index contributed by atoms with van der Waals surface area (Å²) in [6.45, 7) is 0. The lowest BCUT2D eigenvalue weighted by atomic mass is 10.1. The Bertz CT molecular complexity index is 1610. The average Bonchev–Trinajstić information content (AvgIpc) is 3.45. The number of H-pyrrole nitrogens is 1. The summed E-state index contributed by atoms with van der Waals surface area (Å²) >= 11 is 0. The zero-order valence-corrected chi connectivity index (χ0v) is 19.7. The van der Waals surface area contributed by atoms with Gasteiger partial charge >= 0.3 is 12.2 Å². The van der Waals surface area contributed by atoms with E-state index in [0.717, 1.165) is 23.9 Å². The Morgan fingerprint density at radius 2 is 1.51 bits per heavy atom. The van der Waals surface area contributed by atoms with Crippen LogP contribution in [0.25, 0.3) is 11.6 Å². The largest absolute Gasteiger partial charge is 0.416 e. The summed E-state index contributed by atoms with van der Waals surface area (Å²) in [6, 6.07) is 12.8. The smallest absolute Gasteiger partial charge is 0.362 e. The minimum absolute atomic E-state index is 0.0203. The van der Waals surface area contributed by atoms with E-state index in [1.807, 2.05) is 12.1 Å². The molecule has 1 aliphatic rings. The maximum absolute atomic E-state index is 14.3. The van der Waals surface area contributed by atoms with E-state index in [-0.39, 0.29) is 17.3 Å². The summed E-state index contributed by atoms with van der Waals surface area (Å²) in [5.74, 6) is -2.18. The first-order valence-electron chi connectivity index (χ1n) is 11.4. The zero-order chi connectivity index (χ0) is 27.7. The Kier molecular flexibility index (Phi) is 6.52. The molecule has 4 aromatic rings. The summed E-state index contributed by atoms with van der Waals surface area (Å²) in [4.78, 5) is 27.8. The van der Waals surface area contributed by atoms with Crippen molar-refractivity contribution in [2.24, 2.45) is 0 Å². The van der Waals surface area contributed by atoms with E-state index in [9.17, 15) is 31.5 Å². The van der Waals surface area contributed by atoms with Crippen LogP contribution in [0.15, 0.2) is 72.9 Å². The Morgan fingerprint density at radius 3 is 2.21 bits per heavy atom. The molecule has 0 fully saturated rings. The third-order valence-electron chi connectivity index (χ3n) is 5.65. The van der Waals surface area contributed by atoms with Gasteiger partial charge in [-0.2, -0.15) is 13.2 Å². The van der Waals surface area contributed by atoms with Crippen molar-refractivity contribution < 1.29 is 31.5 Å². The highest BCUT2D eigenvalue weighted by Crippen LogP contribution is 2.36. The van der Waals surface area contributed by atoms with Gasteiger partial charge in [-0.05, 0) is 66.7 Å². The molecular formula is C27H18F5N5O2. The van der Waals surface area contributed by atoms with Gasteiger partial charge in [0.25, 0.3) is 5.91 Å². The fourth-order valence-electron chi connectivity index (χ4n) is 4.02. The third kappa shape index (κ3) is 5.90. The number of hydrogen-bond donors (Lipinski definition) is 5. The molecule has 198 valence electrons. The van der Waals surface area contributed by atoms with Crippen LogP contribution < -0.4 is 21.3 Å². The summed E-state index contributed by atoms with van der Waals surface area (Å²) in [6.07, 6.45) is -1.35. The van der Waals surface area contributed by atoms with Crippen molar-refractivity contribution in [2.75, 3.05) is 21.3 Å². The molecule has 0 spiro atoms. The molecule has 0 saturated heterocycles. The maximum Gasteiger partial charge on any atom is 0.416 e. The molecule has 0 aliphatic carbocycles. The van der Waals surface area contributed by atoms with Crippen molar-refractivity contribution in [3.05, 3.63) is 101 Å². The molecule has 3 amide bonds. The van der Waals surface area contributed by atoms with Crippen LogP contribution in [0.4, 0.5) is 55.2 Å². The topological polar surface area (TPSA) is 98.1 Å². The number of hydrogen-bond acceptors (Lipinski definition) is 3. The average molecular weight is 539 g/mol. The molecule has 39 heavy (non-hydrogen) atoms. The number of carbonyl (C=O) groups excluding carboxylic acids is 2. The van der Waals surface area contributed by atoms with E-state index in [1.165, 1.54) is 6.07 Å². The van der Waals surface area contributed by atoms with E-state index >= 15 is 0 Å². The number of benzene rings is 3. The molecule has 12 heteroatoms. The van der Waals surface area contributed by atoms with Crippen LogP contribution in [0, 0.1) is 11.6 Å². The molecule has 0 bridgehead atoms. The predicted molar refractivity (Wildman–Crippen MR) is 137 cm³/mol. The number of urea groups is 1. The van der Waals surface area contributed by atoms with Crippen LogP contribution in [0.1, 0.15) is 16.8 Å². The van der Waals surface area contributed by atoms with Crippen LogP contribution in [-0.2, 0) is 11.0 Å². The third-order valence-corrected chi connectivity index (χ3v) is 5.65. The molecule has 0 radical (unpaired) electrons. The van der Waals surface area contributed by atoms with Crippen LogP contribution in [0.3, 0.4) is 0 Å². The Labute approximate surface area is 217 Å². The molecule has 1 aromatic heterocycles. The number of carbonyl (C=O) groups is 2. The standard InChI is InChI=1S/C27H18F5N5O2/c28-15-6-14(27(30,31)32)7-19(8-15)35-26(39)36-21-10-16(29)9-20(11-21)34-18-3-4-22-23(12-17-2-1-5-33-17)25(38)37-24(22)13-18/h1-13,33-34H,(H,37,38)(H2,35,36,39)/b23-12-. The Morgan fingerprint density at radius 1 is 0.821 bits per heavy atom. The molecular weight excluding hydrogens is 521 g/mol. The van der Waals surface area contributed by atoms with Gasteiger partial charge in [-0.3, -0.25) is 4.79 Å². The van der Waals surface area contributed by atoms with Crippen molar-refractivity contribution >= 4 is 52.0 Å². The number of aromatic amines is 1. The second-order valence-corrected chi connectivity index (χ2v) is 8.56. The number of rotatable bonds is 5. The molecule has 3 aromatic carbocycles. The maximum atomic E-state index is 14.3. The molecule has 0 unspecified atom stereocenters. The SMILES string of the molecule is O=C(Nc1cc(F)cc(Nc2ccc3c(c2)NC(=O)/C3=C\c2ccc[nH]2)c1)Nc1cc(F)cc(C(F)(F)F)c1. The monoisotopic (exact) mass is 539 g/mol. The number of aromatic nitrogens is 1. The van der Waals surface area contributed by atoms with E-state index in [1.54, 1.807) is 30.5 Å². The minimum Gasteiger partial charge on any atom is -0.362 e. The highest BCUT2D eigenvalue weighted by Gasteiger charge is 2.31. The van der Waals surface area contributed by atoms with Crippen molar-refractivity contribution in [1.82, 2.24) is 4.98 Å². The molecule has 0 atom stereocenters. The van der Waals surface area contributed by atoms with Gasteiger partial charge in [0.1, 0.15) is 11.6 Å². The molecule has 5 N–H and O–H groups in total. The molecule has 1 aliphatic heterocycles. The predicted octanol–water partition coefficient (Wildman–Crippen LogP) is 7.19. The summed E-state index contributed by atoms with van der Waals surface area (Å²) in [7, 11) is 0. The van der Waals surface area contributed by atoms with Gasteiger partial charge in [0.15, 0.2) is 0 Å². The first-order chi connectivity index (χ1) is 18.5. The van der Waals surface area contributed by atoms with Crippen LogP contribution in [-0.4, -0.2) is 16.9 Å². The van der Waals surface area contributed by atoms with Crippen LogP contribution in [0.5, 0.6) is 0 Å². The Balaban J connectivity index is 1.30. The summed E-state index contributed by atoms with van der Waals surface area (Å²) in [5.41, 5.74) is 1.49. The van der Waals surface area contributed by atoms with Crippen molar-refractivity contribution in [1.29, 1.82) is 0 Å². The number of alkyl halides is 3. The van der Waals surface area contributed by atoms with Gasteiger partial charge in [0.2, 0.25) is 0 Å². The van der Waals surface area contributed by atoms with Crippen molar-refractivity contribution in [2.45, 2.75) is 6.18 Å². The summed E-state index contributed by atoms with van der Waals surface area (Å²) < 4.78 is 66.7. The van der Waals surface area contributed by atoms with E-state index in [2.05, 4.69) is 26.3 Å². The first-order valence-corrected chi connectivity index (χ1v) is 11.4. The molecule has 2 heterocycles. The second-order valence-electron chi connectivity index (χ2n) is 8.56. The second kappa shape index (κ2) is 9.97. The van der Waals surface area contributed by atoms with E-state index in [4.69, 9.17) is 0 Å². The minimum atomic E-state index is -4.81. The van der Waals surface area contributed by atoms with Gasteiger partial charge in [-0.15, -0.1) is 0 Å². The van der Waals surface area contributed by atoms with Gasteiger partial charge < -0.3 is 26.3 Å². The number of amides is 3. The lowest BCUT2D eigenvalue weighted by molar-refractivity contribution is -0.137. The highest BCUT2D eigenvalue weighted by atomic mass is 19.4. The van der Waals surface area contributed by atoms with E-state index in [0.29, 0.717) is 34.6 Å². The van der Waals surface area contributed by atoms with Gasteiger partial charge in [0, 0.05) is 40.2 Å². The fraction of sp³-hybridized carbons (Fsp3) is 0.0370. The number of nitrogens with one attached hydrogen (secondary N) is 5. The van der Waals surface area contributed by atoms with Crippen LogP contribution in [0.2, 0.25) is 0 Å². The van der Waals surface area contributed by atoms with Gasteiger partial charge in [-0.25, -0.2) is 13.6 Å². The fourth-order valence-corrected chi connectivity index (χ4v) is 4.02. The molecule has 0 saturated carbocycles. The van der Waals surface area contributed by atoms with Crippen molar-refractivity contribution in [3.8, 4) is 0 Å². The number of halogens is 5. The normalized spacial score (nSPS) is 13.7. The van der Waals surface area contributed by atoms with Crippen LogP contribution >= 0.6 is 0 Å². The van der Waals surface area contributed by atoms with E-state index < -0.39 is 35.1 Å². The quantitative estimate of drug-likeness (QED) is 0.137. The van der Waals surface area contributed by atoms with Gasteiger partial charge in [0.05, 0.1) is 16.8 Å². The first kappa shape index (κ1) is 25.5. The number of fused-ring (bicyclic) bond motifs is 1. The molecule has 5 rings (SSSR count). The lowest BCUT2D eigenvalue weighted by Gasteiger charge is -2.13. The van der Waals surface area contributed by atoms with Gasteiger partial charge in [-0.1, -0.05) is 6.07 Å². The highest BCUT2D eigenvalue weighted by molar-refractivity contribution is 6.35. The summed E-state index contributed by atoms with van der Waals surface area (Å²) in [5, 5.41) is 10.2. The number of anilines is 5. The zero-order valence-electron chi connectivity index (χ0n) is 19.7.